The van der Waals surface area contributed by atoms with Crippen molar-refractivity contribution in [2.24, 2.45) is 5.92 Å². The molecule has 0 nitrogen and oxygen atoms in total. The molecular formula is C17H18BrCl. The molecule has 19 heavy (non-hydrogen) atoms. The minimum absolute atomic E-state index is 0.597. The quantitative estimate of drug-likeness (QED) is 0.637. The van der Waals surface area contributed by atoms with Gasteiger partial charge in [0.1, 0.15) is 0 Å². The SMILES string of the molecule is Cc1cccc(CC(CBr)Cc2cccc(Cl)c2)c1. The smallest absolute Gasteiger partial charge is 0.0408 e. The van der Waals surface area contributed by atoms with E-state index >= 15 is 0 Å². The van der Waals surface area contributed by atoms with E-state index in [1.807, 2.05) is 12.1 Å². The van der Waals surface area contributed by atoms with Gasteiger partial charge in [-0.2, -0.15) is 0 Å². The molecule has 0 amide bonds. The van der Waals surface area contributed by atoms with Crippen LogP contribution in [0.3, 0.4) is 0 Å². The lowest BCUT2D eigenvalue weighted by molar-refractivity contribution is 0.591. The average Bonchev–Trinajstić information content (AvgIpc) is 2.38. The Labute approximate surface area is 128 Å². The van der Waals surface area contributed by atoms with E-state index < -0.39 is 0 Å². The van der Waals surface area contributed by atoms with Gasteiger partial charge in [-0.05, 0) is 48.9 Å². The number of hydrogen-bond donors (Lipinski definition) is 0. The van der Waals surface area contributed by atoms with Gasteiger partial charge in [-0.15, -0.1) is 0 Å². The van der Waals surface area contributed by atoms with Crippen LogP contribution in [0.1, 0.15) is 16.7 Å². The first kappa shape index (κ1) is 14.6. The van der Waals surface area contributed by atoms with Gasteiger partial charge in [0, 0.05) is 10.4 Å². The highest BCUT2D eigenvalue weighted by molar-refractivity contribution is 9.09. The molecule has 0 aliphatic rings. The zero-order chi connectivity index (χ0) is 13.7. The third-order valence-electron chi connectivity index (χ3n) is 3.24. The Hall–Kier alpha value is -0.790. The molecule has 1 atom stereocenters. The molecule has 0 aliphatic heterocycles. The zero-order valence-corrected chi connectivity index (χ0v) is 13.4. The van der Waals surface area contributed by atoms with Crippen LogP contribution < -0.4 is 0 Å². The fraction of sp³-hybridized carbons (Fsp3) is 0.294. The van der Waals surface area contributed by atoms with Crippen molar-refractivity contribution in [1.29, 1.82) is 0 Å². The molecule has 0 saturated heterocycles. The van der Waals surface area contributed by atoms with Crippen molar-refractivity contribution in [1.82, 2.24) is 0 Å². The van der Waals surface area contributed by atoms with Crippen molar-refractivity contribution in [3.8, 4) is 0 Å². The first-order valence-corrected chi connectivity index (χ1v) is 8.03. The van der Waals surface area contributed by atoms with Crippen molar-refractivity contribution in [2.45, 2.75) is 19.8 Å². The number of aryl methyl sites for hydroxylation is 1. The maximum absolute atomic E-state index is 6.04. The van der Waals surface area contributed by atoms with Gasteiger partial charge in [-0.1, -0.05) is 69.5 Å². The number of halogens is 2. The molecule has 100 valence electrons. The van der Waals surface area contributed by atoms with Crippen molar-refractivity contribution in [3.05, 3.63) is 70.2 Å². The van der Waals surface area contributed by atoms with Crippen LogP contribution in [-0.4, -0.2) is 5.33 Å². The summed E-state index contributed by atoms with van der Waals surface area (Å²) in [5, 5.41) is 1.83. The van der Waals surface area contributed by atoms with Gasteiger partial charge in [0.2, 0.25) is 0 Å². The molecule has 2 rings (SSSR count). The van der Waals surface area contributed by atoms with Gasteiger partial charge in [0.05, 0.1) is 0 Å². The molecule has 0 spiro atoms. The lowest BCUT2D eigenvalue weighted by Crippen LogP contribution is -2.10. The normalized spacial score (nSPS) is 12.4. The van der Waals surface area contributed by atoms with E-state index in [9.17, 15) is 0 Å². The van der Waals surface area contributed by atoms with E-state index in [0.29, 0.717) is 5.92 Å². The maximum atomic E-state index is 6.04. The Kier molecular flexibility index (Phi) is 5.47. The Balaban J connectivity index is 2.04. The lowest BCUT2D eigenvalue weighted by atomic mass is 9.93. The van der Waals surface area contributed by atoms with Gasteiger partial charge in [-0.25, -0.2) is 0 Å². The molecule has 0 aliphatic carbocycles. The summed E-state index contributed by atoms with van der Waals surface area (Å²) in [5.74, 6) is 0.597. The van der Waals surface area contributed by atoms with Crippen LogP contribution in [-0.2, 0) is 12.8 Å². The molecule has 2 aromatic rings. The van der Waals surface area contributed by atoms with Gasteiger partial charge >= 0.3 is 0 Å². The first-order chi connectivity index (χ1) is 9.17. The monoisotopic (exact) mass is 336 g/mol. The molecule has 1 unspecified atom stereocenters. The summed E-state index contributed by atoms with van der Waals surface area (Å²) in [6.45, 7) is 2.14. The topological polar surface area (TPSA) is 0 Å². The minimum atomic E-state index is 0.597. The third-order valence-corrected chi connectivity index (χ3v) is 4.39. The molecular weight excluding hydrogens is 320 g/mol. The Morgan fingerprint density at radius 1 is 1.00 bits per heavy atom. The largest absolute Gasteiger partial charge is 0.0925 e. The third kappa shape index (κ3) is 4.67. The standard InChI is InChI=1S/C17H18BrCl/c1-13-4-2-5-14(8-13)9-16(12-18)10-15-6-3-7-17(19)11-15/h2-8,11,16H,9-10,12H2,1H3. The van der Waals surface area contributed by atoms with Gasteiger partial charge in [0.15, 0.2) is 0 Å². The highest BCUT2D eigenvalue weighted by Crippen LogP contribution is 2.19. The second-order valence-electron chi connectivity index (χ2n) is 5.05. The first-order valence-electron chi connectivity index (χ1n) is 6.53. The number of rotatable bonds is 5. The lowest BCUT2D eigenvalue weighted by Gasteiger charge is -2.15. The average molecular weight is 338 g/mol. The van der Waals surface area contributed by atoms with Gasteiger partial charge in [-0.3, -0.25) is 0 Å². The van der Waals surface area contributed by atoms with Crippen LogP contribution >= 0.6 is 27.5 Å². The molecule has 0 N–H and O–H groups in total. The van der Waals surface area contributed by atoms with Crippen LogP contribution in [0.4, 0.5) is 0 Å². The summed E-state index contributed by atoms with van der Waals surface area (Å²) in [7, 11) is 0. The molecule has 2 heteroatoms. The van der Waals surface area contributed by atoms with Crippen molar-refractivity contribution < 1.29 is 0 Å². The van der Waals surface area contributed by atoms with Crippen LogP contribution in [0.2, 0.25) is 5.02 Å². The molecule has 0 saturated carbocycles. The highest BCUT2D eigenvalue weighted by atomic mass is 79.9. The summed E-state index contributed by atoms with van der Waals surface area (Å²) in [4.78, 5) is 0. The van der Waals surface area contributed by atoms with E-state index in [1.54, 1.807) is 0 Å². The van der Waals surface area contributed by atoms with Gasteiger partial charge < -0.3 is 0 Å². The molecule has 0 bridgehead atoms. The number of alkyl halides is 1. The summed E-state index contributed by atoms with van der Waals surface area (Å²) < 4.78 is 0. The fourth-order valence-corrected chi connectivity index (χ4v) is 3.02. The van der Waals surface area contributed by atoms with E-state index in [1.165, 1.54) is 16.7 Å². The second-order valence-corrected chi connectivity index (χ2v) is 6.13. The Bertz CT molecular complexity index is 489. The van der Waals surface area contributed by atoms with Crippen molar-refractivity contribution in [2.75, 3.05) is 5.33 Å². The summed E-state index contributed by atoms with van der Waals surface area (Å²) in [6, 6.07) is 16.9. The fourth-order valence-electron chi connectivity index (χ4n) is 2.35. The van der Waals surface area contributed by atoms with E-state index in [-0.39, 0.29) is 0 Å². The highest BCUT2D eigenvalue weighted by Gasteiger charge is 2.10. The van der Waals surface area contributed by atoms with Crippen LogP contribution in [0.5, 0.6) is 0 Å². The Morgan fingerprint density at radius 3 is 2.21 bits per heavy atom. The zero-order valence-electron chi connectivity index (χ0n) is 11.1. The van der Waals surface area contributed by atoms with Crippen LogP contribution in [0.25, 0.3) is 0 Å². The predicted octanol–water partition coefficient (Wildman–Crippen LogP) is 5.44. The second kappa shape index (κ2) is 7.12. The Morgan fingerprint density at radius 2 is 1.63 bits per heavy atom. The molecule has 0 aromatic heterocycles. The van der Waals surface area contributed by atoms with E-state index in [4.69, 9.17) is 11.6 Å². The molecule has 0 fully saturated rings. The van der Waals surface area contributed by atoms with Crippen molar-refractivity contribution in [3.63, 3.8) is 0 Å². The van der Waals surface area contributed by atoms with E-state index in [0.717, 1.165) is 23.2 Å². The summed E-state index contributed by atoms with van der Waals surface area (Å²) in [5.41, 5.74) is 4.05. The van der Waals surface area contributed by atoms with Crippen molar-refractivity contribution >= 4 is 27.5 Å². The number of benzene rings is 2. The van der Waals surface area contributed by atoms with E-state index in [2.05, 4.69) is 59.3 Å². The molecule has 0 radical (unpaired) electrons. The van der Waals surface area contributed by atoms with Crippen LogP contribution in [0, 0.1) is 12.8 Å². The number of hydrogen-bond acceptors (Lipinski definition) is 0. The maximum Gasteiger partial charge on any atom is 0.0408 e. The van der Waals surface area contributed by atoms with Gasteiger partial charge in [0.25, 0.3) is 0 Å². The minimum Gasteiger partial charge on any atom is -0.0925 e. The summed E-state index contributed by atoms with van der Waals surface area (Å²) in [6.07, 6.45) is 2.15. The predicted molar refractivity (Wildman–Crippen MR) is 87.3 cm³/mol. The summed E-state index contributed by atoms with van der Waals surface area (Å²) >= 11 is 9.68. The van der Waals surface area contributed by atoms with Crippen LogP contribution in [0.15, 0.2) is 48.5 Å². The molecule has 2 aromatic carbocycles. The molecule has 0 heterocycles.